The molecule has 23 heavy (non-hydrogen) atoms. The van der Waals surface area contributed by atoms with Gasteiger partial charge in [0.25, 0.3) is 0 Å². The predicted octanol–water partition coefficient (Wildman–Crippen LogP) is 2.38. The summed E-state index contributed by atoms with van der Waals surface area (Å²) in [7, 11) is 0. The van der Waals surface area contributed by atoms with Gasteiger partial charge in [-0.15, -0.1) is 12.4 Å². The molecule has 0 saturated heterocycles. The summed E-state index contributed by atoms with van der Waals surface area (Å²) < 4.78 is 10.8. The minimum atomic E-state index is -0.380. The number of amides is 1. The second-order valence-corrected chi connectivity index (χ2v) is 6.13. The number of nitrogens with two attached hydrogens (primary N) is 1. The first-order valence-corrected chi connectivity index (χ1v) is 7.72. The van der Waals surface area contributed by atoms with Gasteiger partial charge in [-0.2, -0.15) is 0 Å². The zero-order valence-corrected chi connectivity index (χ0v) is 15.0. The molecule has 3 N–H and O–H groups in total. The SMILES string of the molecule is CC(C)CC(C)(CN)NC(=O)COCCOc1ccccc1.Cl. The molecule has 0 saturated carbocycles. The predicted molar refractivity (Wildman–Crippen MR) is 95.1 cm³/mol. The smallest absolute Gasteiger partial charge is 0.246 e. The van der Waals surface area contributed by atoms with Crippen molar-refractivity contribution in [2.75, 3.05) is 26.4 Å². The van der Waals surface area contributed by atoms with E-state index in [1.54, 1.807) is 0 Å². The number of halogens is 1. The number of carbonyl (C=O) groups is 1. The maximum Gasteiger partial charge on any atom is 0.246 e. The fraction of sp³-hybridized carbons (Fsp3) is 0.588. The Morgan fingerprint density at radius 2 is 1.91 bits per heavy atom. The lowest BCUT2D eigenvalue weighted by Crippen LogP contribution is -2.53. The van der Waals surface area contributed by atoms with Crippen molar-refractivity contribution in [2.24, 2.45) is 11.7 Å². The minimum Gasteiger partial charge on any atom is -0.491 e. The summed E-state index contributed by atoms with van der Waals surface area (Å²) >= 11 is 0. The molecule has 0 aliphatic carbocycles. The molecule has 0 spiro atoms. The zero-order valence-electron chi connectivity index (χ0n) is 14.2. The van der Waals surface area contributed by atoms with Crippen molar-refractivity contribution in [3.63, 3.8) is 0 Å². The highest BCUT2D eigenvalue weighted by Gasteiger charge is 2.25. The molecule has 0 aliphatic rings. The zero-order chi connectivity index (χ0) is 16.4. The maximum atomic E-state index is 11.9. The Morgan fingerprint density at radius 3 is 2.48 bits per heavy atom. The molecule has 0 heterocycles. The highest BCUT2D eigenvalue weighted by Crippen LogP contribution is 2.15. The number of para-hydroxylation sites is 1. The molecule has 0 aliphatic heterocycles. The number of ether oxygens (including phenoxy) is 2. The second kappa shape index (κ2) is 11.3. The molecule has 1 aromatic carbocycles. The van der Waals surface area contributed by atoms with Gasteiger partial charge in [0.05, 0.1) is 6.61 Å². The van der Waals surface area contributed by atoms with Gasteiger partial charge in [0.2, 0.25) is 5.91 Å². The van der Waals surface area contributed by atoms with Crippen molar-refractivity contribution in [2.45, 2.75) is 32.7 Å². The highest BCUT2D eigenvalue weighted by atomic mass is 35.5. The Bertz CT molecular complexity index is 443. The van der Waals surface area contributed by atoms with E-state index in [1.807, 2.05) is 37.3 Å². The van der Waals surface area contributed by atoms with E-state index < -0.39 is 0 Å². The molecular formula is C17H29ClN2O3. The van der Waals surface area contributed by atoms with Crippen LogP contribution in [0, 0.1) is 5.92 Å². The van der Waals surface area contributed by atoms with Crippen LogP contribution in [0.25, 0.3) is 0 Å². The first-order chi connectivity index (χ1) is 10.4. The quantitative estimate of drug-likeness (QED) is 0.639. The Labute approximate surface area is 145 Å². The third-order valence-corrected chi connectivity index (χ3v) is 3.22. The normalized spacial score (nSPS) is 13.1. The monoisotopic (exact) mass is 344 g/mol. The molecule has 0 fully saturated rings. The number of benzene rings is 1. The summed E-state index contributed by atoms with van der Waals surface area (Å²) in [5, 5.41) is 2.95. The van der Waals surface area contributed by atoms with Crippen LogP contribution < -0.4 is 15.8 Å². The summed E-state index contributed by atoms with van der Waals surface area (Å²) in [4.78, 5) is 11.9. The van der Waals surface area contributed by atoms with Crippen molar-refractivity contribution in [1.82, 2.24) is 5.32 Å². The molecule has 1 amide bonds. The van der Waals surface area contributed by atoms with Crippen LogP contribution in [0.2, 0.25) is 0 Å². The molecule has 1 rings (SSSR count). The van der Waals surface area contributed by atoms with E-state index in [0.717, 1.165) is 12.2 Å². The van der Waals surface area contributed by atoms with Gasteiger partial charge in [-0.3, -0.25) is 4.79 Å². The van der Waals surface area contributed by atoms with Gasteiger partial charge in [0.1, 0.15) is 19.0 Å². The fourth-order valence-corrected chi connectivity index (χ4v) is 2.36. The molecule has 1 unspecified atom stereocenters. The minimum absolute atomic E-state index is 0. The number of nitrogens with one attached hydrogen (secondary N) is 1. The van der Waals surface area contributed by atoms with Crippen LogP contribution in [-0.4, -0.2) is 37.8 Å². The number of hydrogen-bond donors (Lipinski definition) is 2. The van der Waals surface area contributed by atoms with Crippen molar-refractivity contribution in [1.29, 1.82) is 0 Å². The molecular weight excluding hydrogens is 316 g/mol. The van der Waals surface area contributed by atoms with E-state index in [2.05, 4.69) is 19.2 Å². The lowest BCUT2D eigenvalue weighted by Gasteiger charge is -2.31. The topological polar surface area (TPSA) is 73.6 Å². The lowest BCUT2D eigenvalue weighted by atomic mass is 9.91. The fourth-order valence-electron chi connectivity index (χ4n) is 2.36. The summed E-state index contributed by atoms with van der Waals surface area (Å²) in [6.45, 7) is 7.39. The third-order valence-electron chi connectivity index (χ3n) is 3.22. The average Bonchev–Trinajstić information content (AvgIpc) is 2.47. The van der Waals surface area contributed by atoms with E-state index in [-0.39, 0.29) is 30.5 Å². The molecule has 6 heteroatoms. The Hall–Kier alpha value is -1.30. The van der Waals surface area contributed by atoms with Crippen molar-refractivity contribution in [3.05, 3.63) is 30.3 Å². The van der Waals surface area contributed by atoms with Gasteiger partial charge < -0.3 is 20.5 Å². The van der Waals surface area contributed by atoms with Crippen LogP contribution in [0.4, 0.5) is 0 Å². The Morgan fingerprint density at radius 1 is 1.26 bits per heavy atom. The van der Waals surface area contributed by atoms with E-state index in [0.29, 0.717) is 25.7 Å². The van der Waals surface area contributed by atoms with E-state index >= 15 is 0 Å². The number of rotatable bonds is 10. The summed E-state index contributed by atoms with van der Waals surface area (Å²) in [5.74, 6) is 1.12. The van der Waals surface area contributed by atoms with E-state index in [4.69, 9.17) is 15.2 Å². The second-order valence-electron chi connectivity index (χ2n) is 6.13. The van der Waals surface area contributed by atoms with Gasteiger partial charge in [0.15, 0.2) is 0 Å². The standard InChI is InChI=1S/C17H28N2O3.ClH/c1-14(2)11-17(3,13-18)19-16(20)12-21-9-10-22-15-7-5-4-6-8-15;/h4-8,14H,9-13,18H2,1-3H3,(H,19,20);1H. The summed E-state index contributed by atoms with van der Waals surface area (Å²) in [5.41, 5.74) is 5.39. The third kappa shape index (κ3) is 9.43. The Kier molecular flexibility index (Phi) is 10.6. The molecule has 0 radical (unpaired) electrons. The van der Waals surface area contributed by atoms with Crippen molar-refractivity contribution < 1.29 is 14.3 Å². The molecule has 0 bridgehead atoms. The molecule has 1 atom stereocenters. The van der Waals surface area contributed by atoms with Crippen molar-refractivity contribution in [3.8, 4) is 5.75 Å². The van der Waals surface area contributed by atoms with Gasteiger partial charge in [0, 0.05) is 12.1 Å². The molecule has 0 aromatic heterocycles. The lowest BCUT2D eigenvalue weighted by molar-refractivity contribution is -0.127. The van der Waals surface area contributed by atoms with E-state index in [9.17, 15) is 4.79 Å². The van der Waals surface area contributed by atoms with Crippen LogP contribution >= 0.6 is 12.4 Å². The van der Waals surface area contributed by atoms with Gasteiger partial charge in [-0.05, 0) is 31.4 Å². The molecule has 132 valence electrons. The van der Waals surface area contributed by atoms with Crippen LogP contribution in [-0.2, 0) is 9.53 Å². The largest absolute Gasteiger partial charge is 0.491 e. The Balaban J connectivity index is 0.00000484. The number of hydrogen-bond acceptors (Lipinski definition) is 4. The summed E-state index contributed by atoms with van der Waals surface area (Å²) in [6, 6.07) is 9.51. The van der Waals surface area contributed by atoms with Crippen LogP contribution in [0.15, 0.2) is 30.3 Å². The van der Waals surface area contributed by atoms with Gasteiger partial charge >= 0.3 is 0 Å². The highest BCUT2D eigenvalue weighted by molar-refractivity contribution is 5.85. The van der Waals surface area contributed by atoms with Crippen LogP contribution in [0.5, 0.6) is 5.75 Å². The average molecular weight is 345 g/mol. The van der Waals surface area contributed by atoms with Gasteiger partial charge in [-0.1, -0.05) is 32.0 Å². The van der Waals surface area contributed by atoms with E-state index in [1.165, 1.54) is 0 Å². The van der Waals surface area contributed by atoms with Crippen molar-refractivity contribution >= 4 is 18.3 Å². The summed E-state index contributed by atoms with van der Waals surface area (Å²) in [6.07, 6.45) is 0.840. The first-order valence-electron chi connectivity index (χ1n) is 7.72. The van der Waals surface area contributed by atoms with Crippen LogP contribution in [0.3, 0.4) is 0 Å². The number of carbonyl (C=O) groups excluding carboxylic acids is 1. The molecule has 5 nitrogen and oxygen atoms in total. The molecule has 1 aromatic rings. The van der Waals surface area contributed by atoms with Crippen LogP contribution in [0.1, 0.15) is 27.2 Å². The first kappa shape index (κ1) is 21.7. The van der Waals surface area contributed by atoms with Gasteiger partial charge in [-0.25, -0.2) is 0 Å². The maximum absolute atomic E-state index is 11.9.